The number of anilines is 3. The number of carbonyl (C=O) groups is 2. The molecule has 5 heterocycles. The molecular formula is C53H54F4N8O5. The number of benzene rings is 5. The Morgan fingerprint density at radius 1 is 0.800 bits per heavy atom. The van der Waals surface area contributed by atoms with Crippen LogP contribution in [0.4, 0.5) is 39.4 Å². The van der Waals surface area contributed by atoms with E-state index in [0.717, 1.165) is 50.0 Å². The van der Waals surface area contributed by atoms with E-state index in [1.54, 1.807) is 23.1 Å². The Bertz CT molecular complexity index is 2800. The van der Waals surface area contributed by atoms with Gasteiger partial charge < -0.3 is 33.8 Å². The summed E-state index contributed by atoms with van der Waals surface area (Å²) in [5.74, 6) is -2.37. The van der Waals surface area contributed by atoms with Gasteiger partial charge in [-0.2, -0.15) is 5.10 Å². The van der Waals surface area contributed by atoms with Gasteiger partial charge in [-0.25, -0.2) is 32.0 Å². The molecule has 17 heteroatoms. The number of urea groups is 1. The van der Waals surface area contributed by atoms with Crippen molar-refractivity contribution in [1.82, 2.24) is 24.6 Å². The van der Waals surface area contributed by atoms with E-state index in [-0.39, 0.29) is 54.8 Å². The van der Waals surface area contributed by atoms with Crippen molar-refractivity contribution in [1.29, 1.82) is 0 Å². The van der Waals surface area contributed by atoms with E-state index in [9.17, 15) is 22.8 Å². The third-order valence-corrected chi connectivity index (χ3v) is 14.0. The summed E-state index contributed by atoms with van der Waals surface area (Å²) in [6.45, 7) is 7.86. The molecule has 4 saturated heterocycles. The zero-order valence-corrected chi connectivity index (χ0v) is 38.9. The van der Waals surface area contributed by atoms with Crippen LogP contribution in [0.3, 0.4) is 0 Å². The van der Waals surface area contributed by atoms with Gasteiger partial charge in [-0.1, -0.05) is 30.3 Å². The van der Waals surface area contributed by atoms with Crippen molar-refractivity contribution in [3.63, 3.8) is 0 Å². The maximum absolute atomic E-state index is 15.1. The highest BCUT2D eigenvalue weighted by molar-refractivity contribution is 5.97. The molecule has 13 nitrogen and oxygen atoms in total. The number of hydrogen-bond acceptors (Lipinski definition) is 9. The maximum Gasteiger partial charge on any atom is 0.325 e. The highest BCUT2D eigenvalue weighted by Crippen LogP contribution is 2.46. The van der Waals surface area contributed by atoms with E-state index in [1.807, 2.05) is 78.2 Å². The minimum absolute atomic E-state index is 0.00322. The lowest BCUT2D eigenvalue weighted by molar-refractivity contribution is -0.117. The molecule has 3 unspecified atom stereocenters. The predicted molar refractivity (Wildman–Crippen MR) is 254 cm³/mol. The first-order chi connectivity index (χ1) is 33.9. The van der Waals surface area contributed by atoms with Gasteiger partial charge in [-0.15, -0.1) is 0 Å². The van der Waals surface area contributed by atoms with Gasteiger partial charge in [0.05, 0.1) is 30.8 Å². The van der Waals surface area contributed by atoms with Crippen molar-refractivity contribution < 1.29 is 41.4 Å². The van der Waals surface area contributed by atoms with Gasteiger partial charge in [0.25, 0.3) is 5.91 Å². The van der Waals surface area contributed by atoms with Gasteiger partial charge in [0, 0.05) is 74.0 Å². The van der Waals surface area contributed by atoms with Crippen molar-refractivity contribution in [2.24, 2.45) is 5.92 Å². The largest absolute Gasteiger partial charge is 0.488 e. The highest BCUT2D eigenvalue weighted by atomic mass is 19.1. The lowest BCUT2D eigenvalue weighted by atomic mass is 9.83. The molecule has 3 amide bonds. The number of aromatic nitrogens is 3. The minimum atomic E-state index is -1.28. The molecule has 0 saturated carbocycles. The van der Waals surface area contributed by atoms with Crippen LogP contribution in [0, 0.1) is 29.2 Å². The Morgan fingerprint density at radius 2 is 1.50 bits per heavy atom. The maximum atomic E-state index is 15.1. The van der Waals surface area contributed by atoms with Crippen LogP contribution in [0.15, 0.2) is 128 Å². The summed E-state index contributed by atoms with van der Waals surface area (Å²) in [4.78, 5) is 42.4. The summed E-state index contributed by atoms with van der Waals surface area (Å²) in [5, 5.41) is 4.15. The van der Waals surface area contributed by atoms with Crippen LogP contribution < -0.4 is 19.4 Å². The predicted octanol–water partition coefficient (Wildman–Crippen LogP) is 8.82. The second kappa shape index (κ2) is 19.8. The van der Waals surface area contributed by atoms with Crippen LogP contribution in [-0.4, -0.2) is 107 Å². The fraction of sp³-hybridized carbons (Fsp3) is 0.358. The molecule has 4 fully saturated rings. The van der Waals surface area contributed by atoms with E-state index >= 15 is 4.39 Å². The van der Waals surface area contributed by atoms with Gasteiger partial charge in [0.2, 0.25) is 0 Å². The Labute approximate surface area is 403 Å². The molecule has 0 bridgehead atoms. The highest BCUT2D eigenvalue weighted by Gasteiger charge is 2.52. The number of halogens is 4. The molecule has 6 aromatic rings. The van der Waals surface area contributed by atoms with E-state index in [0.29, 0.717) is 36.5 Å². The Kier molecular flexibility index (Phi) is 13.2. The number of hydrogen-bond donors (Lipinski definition) is 0. The smallest absolute Gasteiger partial charge is 0.325 e. The molecule has 0 spiro atoms. The van der Waals surface area contributed by atoms with Gasteiger partial charge >= 0.3 is 6.03 Å². The van der Waals surface area contributed by atoms with E-state index in [1.165, 1.54) is 53.7 Å². The normalized spacial score (nSPS) is 22.9. The number of amides is 3. The fourth-order valence-corrected chi connectivity index (χ4v) is 10.6. The van der Waals surface area contributed by atoms with Crippen molar-refractivity contribution >= 4 is 29.0 Å². The molecule has 10 rings (SSSR count). The number of rotatable bonds is 13. The summed E-state index contributed by atoms with van der Waals surface area (Å²) < 4.78 is 78.5. The van der Waals surface area contributed by atoms with Crippen LogP contribution >= 0.6 is 0 Å². The van der Waals surface area contributed by atoms with E-state index < -0.39 is 47.2 Å². The first kappa shape index (κ1) is 46.7. The van der Waals surface area contributed by atoms with Crippen LogP contribution in [0.25, 0.3) is 0 Å². The van der Waals surface area contributed by atoms with Crippen molar-refractivity contribution in [3.05, 3.63) is 168 Å². The Balaban J connectivity index is 0.796. The molecule has 4 aliphatic rings. The third kappa shape index (κ3) is 9.39. The standard InChI is InChI=1S/C53H54F4N8O5/c1-35(2)64-49(36-7-5-9-38(54)27-36)50(37-8-6-22-62(29-37)51(66)44-10-3-4-11-46(44)56)65(52(64)67)42-15-13-40(14-16-42)60-23-25-61(26-24-60)41-17-19-43(20-18-41)68-30-48-69-32-53(70-48,31-63-34-58-33-59-63)45-21-12-39(55)28-47(45)57/h3-5,7,9-21,27-28,33-35,37,48-50H,6,8,22-26,29-32H2,1-2H3/t37?,48-,49?,50?,53+/m0/s1. The first-order valence-corrected chi connectivity index (χ1v) is 23.8. The number of nitrogens with zero attached hydrogens (tertiary/aromatic N) is 8. The van der Waals surface area contributed by atoms with Gasteiger partial charge in [0.1, 0.15) is 53.9 Å². The van der Waals surface area contributed by atoms with Crippen molar-refractivity contribution in [2.75, 3.05) is 67.2 Å². The Hall–Kier alpha value is -6.98. The zero-order chi connectivity index (χ0) is 48.5. The SMILES string of the molecule is CC(C)N1C(=O)N(c2ccc(N3CCN(c4ccc(OC[C@H]5OC[C@](Cn6cncn6)(c6ccc(F)cc6F)O5)cc4)CC3)cc2)C(C2CCCN(C(=O)c3ccccc3F)C2)C1c1cccc(F)c1. The average molecular weight is 959 g/mol. The monoisotopic (exact) mass is 958 g/mol. The second-order valence-corrected chi connectivity index (χ2v) is 18.6. The van der Waals surface area contributed by atoms with Gasteiger partial charge in [-0.05, 0) is 117 Å². The summed E-state index contributed by atoms with van der Waals surface area (Å²) in [6.07, 6.45) is 3.44. The van der Waals surface area contributed by atoms with Gasteiger partial charge in [-0.3, -0.25) is 9.69 Å². The fourth-order valence-electron chi connectivity index (χ4n) is 10.6. The van der Waals surface area contributed by atoms with E-state index in [2.05, 4.69) is 19.9 Å². The van der Waals surface area contributed by atoms with Gasteiger partial charge in [0.15, 0.2) is 6.29 Å². The zero-order valence-electron chi connectivity index (χ0n) is 38.9. The summed E-state index contributed by atoms with van der Waals surface area (Å²) in [7, 11) is 0. The summed E-state index contributed by atoms with van der Waals surface area (Å²) in [5.41, 5.74) is 2.34. The molecule has 364 valence electrons. The van der Waals surface area contributed by atoms with Crippen molar-refractivity contribution in [2.45, 2.75) is 63.3 Å². The lowest BCUT2D eigenvalue weighted by Crippen LogP contribution is -2.49. The molecular weight excluding hydrogens is 905 g/mol. The summed E-state index contributed by atoms with van der Waals surface area (Å²) >= 11 is 0. The Morgan fingerprint density at radius 3 is 2.17 bits per heavy atom. The number of piperidine rings is 1. The average Bonchev–Trinajstić information content (AvgIpc) is 4.12. The number of ether oxygens (including phenoxy) is 3. The molecule has 1 aromatic heterocycles. The molecule has 0 radical (unpaired) electrons. The van der Waals surface area contributed by atoms with E-state index in [4.69, 9.17) is 14.2 Å². The molecule has 5 atom stereocenters. The molecule has 0 aliphatic carbocycles. The van der Waals surface area contributed by atoms with Crippen LogP contribution in [0.2, 0.25) is 0 Å². The lowest BCUT2D eigenvalue weighted by Gasteiger charge is -2.41. The number of carbonyl (C=O) groups excluding carboxylic acids is 2. The topological polar surface area (TPSA) is 109 Å². The second-order valence-electron chi connectivity index (χ2n) is 18.6. The molecule has 5 aromatic carbocycles. The minimum Gasteiger partial charge on any atom is -0.488 e. The van der Waals surface area contributed by atoms with Crippen LogP contribution in [-0.2, 0) is 21.6 Å². The van der Waals surface area contributed by atoms with Crippen molar-refractivity contribution in [3.8, 4) is 5.75 Å². The summed E-state index contributed by atoms with van der Waals surface area (Å²) in [6, 6.07) is 30.2. The molecule has 4 aliphatic heterocycles. The quantitative estimate of drug-likeness (QED) is 0.105. The van der Waals surface area contributed by atoms with Crippen LogP contribution in [0.1, 0.15) is 54.2 Å². The van der Waals surface area contributed by atoms with Crippen LogP contribution in [0.5, 0.6) is 5.75 Å². The third-order valence-electron chi connectivity index (χ3n) is 14.0. The molecule has 70 heavy (non-hydrogen) atoms. The number of piperazine rings is 1. The molecule has 0 N–H and O–H groups in total. The number of likely N-dealkylation sites (tertiary alicyclic amines) is 1. The first-order valence-electron chi connectivity index (χ1n) is 23.8.